The molecule has 0 atom stereocenters. The molecule has 2 aromatic heterocycles. The summed E-state index contributed by atoms with van der Waals surface area (Å²) in [5, 5.41) is 3.65. The Labute approximate surface area is 115 Å². The Bertz CT molecular complexity index is 668. The third-order valence-corrected chi connectivity index (χ3v) is 6.45. The van der Waals surface area contributed by atoms with Gasteiger partial charge >= 0.3 is 0 Å². The van der Waals surface area contributed by atoms with Gasteiger partial charge in [0.1, 0.15) is 0 Å². The molecule has 1 aliphatic rings. The van der Waals surface area contributed by atoms with Crippen molar-refractivity contribution in [3.8, 4) is 10.6 Å². The van der Waals surface area contributed by atoms with E-state index in [1.54, 1.807) is 22.6 Å². The molecular formula is C12H14N2O3S2. The summed E-state index contributed by atoms with van der Waals surface area (Å²) in [7, 11) is -3.36. The minimum Gasteiger partial charge on any atom is -0.355 e. The van der Waals surface area contributed by atoms with Gasteiger partial charge < -0.3 is 4.52 Å². The van der Waals surface area contributed by atoms with E-state index in [9.17, 15) is 8.42 Å². The molecule has 3 rings (SSSR count). The molecule has 7 heteroatoms. The van der Waals surface area contributed by atoms with Gasteiger partial charge in [0.25, 0.3) is 0 Å². The van der Waals surface area contributed by atoms with Gasteiger partial charge in [-0.15, -0.1) is 11.3 Å². The SMILES string of the molecule is Cc1sc(-c2ccno2)cc1S(=O)(=O)N1CCCC1. The molecule has 0 radical (unpaired) electrons. The molecule has 0 bridgehead atoms. The van der Waals surface area contributed by atoms with Gasteiger partial charge in [-0.2, -0.15) is 4.31 Å². The zero-order chi connectivity index (χ0) is 13.5. The maximum Gasteiger partial charge on any atom is 0.244 e. The Hall–Kier alpha value is -1.18. The van der Waals surface area contributed by atoms with Crippen LogP contribution in [0.3, 0.4) is 0 Å². The number of rotatable bonds is 3. The Balaban J connectivity index is 2.01. The molecular weight excluding hydrogens is 284 g/mol. The molecule has 0 N–H and O–H groups in total. The van der Waals surface area contributed by atoms with Crippen LogP contribution in [0.5, 0.6) is 0 Å². The first-order chi connectivity index (χ1) is 9.09. The summed E-state index contributed by atoms with van der Waals surface area (Å²) in [6.45, 7) is 3.07. The summed E-state index contributed by atoms with van der Waals surface area (Å²) in [4.78, 5) is 1.98. The minimum atomic E-state index is -3.36. The van der Waals surface area contributed by atoms with E-state index in [0.717, 1.165) is 22.6 Å². The second kappa shape index (κ2) is 4.73. The van der Waals surface area contributed by atoms with Crippen molar-refractivity contribution in [1.82, 2.24) is 9.46 Å². The van der Waals surface area contributed by atoms with E-state index in [4.69, 9.17) is 4.52 Å². The molecule has 3 heterocycles. The number of nitrogens with zero attached hydrogens (tertiary/aromatic N) is 2. The third kappa shape index (κ3) is 2.22. The van der Waals surface area contributed by atoms with E-state index >= 15 is 0 Å². The van der Waals surface area contributed by atoms with Gasteiger partial charge in [-0.05, 0) is 25.8 Å². The van der Waals surface area contributed by atoms with Crippen LogP contribution < -0.4 is 0 Å². The van der Waals surface area contributed by atoms with E-state index in [2.05, 4.69) is 5.16 Å². The molecule has 0 amide bonds. The lowest BCUT2D eigenvalue weighted by Crippen LogP contribution is -2.27. The molecule has 0 aromatic carbocycles. The molecule has 102 valence electrons. The number of sulfonamides is 1. The van der Waals surface area contributed by atoms with Crippen molar-refractivity contribution in [2.45, 2.75) is 24.7 Å². The van der Waals surface area contributed by atoms with Crippen LogP contribution in [0.25, 0.3) is 10.6 Å². The van der Waals surface area contributed by atoms with Crippen LogP contribution in [0.4, 0.5) is 0 Å². The molecule has 0 spiro atoms. The van der Waals surface area contributed by atoms with Crippen LogP contribution in [-0.2, 0) is 10.0 Å². The first-order valence-electron chi connectivity index (χ1n) is 6.10. The van der Waals surface area contributed by atoms with Crippen molar-refractivity contribution in [2.24, 2.45) is 0 Å². The van der Waals surface area contributed by atoms with Crippen LogP contribution in [0.1, 0.15) is 17.7 Å². The second-order valence-corrected chi connectivity index (χ2v) is 7.68. The molecule has 1 aliphatic heterocycles. The molecule has 0 unspecified atom stereocenters. The maximum atomic E-state index is 12.5. The van der Waals surface area contributed by atoms with Crippen molar-refractivity contribution in [2.75, 3.05) is 13.1 Å². The van der Waals surface area contributed by atoms with Crippen LogP contribution in [0.15, 0.2) is 27.7 Å². The van der Waals surface area contributed by atoms with Gasteiger partial charge in [-0.25, -0.2) is 8.42 Å². The zero-order valence-electron chi connectivity index (χ0n) is 10.5. The summed E-state index contributed by atoms with van der Waals surface area (Å²) in [5.74, 6) is 0.607. The van der Waals surface area contributed by atoms with Crippen molar-refractivity contribution in [3.05, 3.63) is 23.2 Å². The summed E-state index contributed by atoms with van der Waals surface area (Å²) >= 11 is 1.42. The van der Waals surface area contributed by atoms with Crippen LogP contribution >= 0.6 is 11.3 Å². The van der Waals surface area contributed by atoms with E-state index in [-0.39, 0.29) is 0 Å². The van der Waals surface area contributed by atoms with Crippen LogP contribution in [0.2, 0.25) is 0 Å². The lowest BCUT2D eigenvalue weighted by atomic mass is 10.3. The Morgan fingerprint density at radius 2 is 2.11 bits per heavy atom. The summed E-state index contributed by atoms with van der Waals surface area (Å²) in [6, 6.07) is 3.42. The van der Waals surface area contributed by atoms with Crippen molar-refractivity contribution >= 4 is 21.4 Å². The largest absolute Gasteiger partial charge is 0.355 e. The highest BCUT2D eigenvalue weighted by Crippen LogP contribution is 2.35. The summed E-state index contributed by atoms with van der Waals surface area (Å²) < 4.78 is 31.7. The second-order valence-electron chi connectivity index (χ2n) is 4.52. The quantitative estimate of drug-likeness (QED) is 0.873. The minimum absolute atomic E-state index is 0.394. The van der Waals surface area contributed by atoms with Crippen molar-refractivity contribution in [3.63, 3.8) is 0 Å². The molecule has 5 nitrogen and oxygen atoms in total. The standard InChI is InChI=1S/C12H14N2O3S2/c1-9-12(19(15,16)14-6-2-3-7-14)8-11(18-9)10-4-5-13-17-10/h4-5,8H,2-3,6-7H2,1H3. The number of hydrogen-bond donors (Lipinski definition) is 0. The highest BCUT2D eigenvalue weighted by molar-refractivity contribution is 7.89. The molecule has 0 saturated carbocycles. The van der Waals surface area contributed by atoms with E-state index < -0.39 is 10.0 Å². The molecule has 2 aromatic rings. The average Bonchev–Trinajstić information content (AvgIpc) is 3.10. The predicted octanol–water partition coefficient (Wildman–Crippen LogP) is 2.50. The van der Waals surface area contributed by atoms with Crippen molar-refractivity contribution in [1.29, 1.82) is 0 Å². The first kappa shape index (κ1) is 12.8. The average molecular weight is 298 g/mol. The van der Waals surface area contributed by atoms with Gasteiger partial charge in [0, 0.05) is 24.0 Å². The molecule has 1 fully saturated rings. The zero-order valence-corrected chi connectivity index (χ0v) is 12.1. The number of aryl methyl sites for hydroxylation is 1. The van der Waals surface area contributed by atoms with Gasteiger partial charge in [0.05, 0.1) is 16.0 Å². The highest BCUT2D eigenvalue weighted by atomic mass is 32.2. The molecule has 19 heavy (non-hydrogen) atoms. The first-order valence-corrected chi connectivity index (χ1v) is 8.36. The fraction of sp³-hybridized carbons (Fsp3) is 0.417. The lowest BCUT2D eigenvalue weighted by molar-refractivity contribution is 0.433. The normalized spacial score (nSPS) is 17.1. The topological polar surface area (TPSA) is 63.4 Å². The highest BCUT2D eigenvalue weighted by Gasteiger charge is 2.30. The monoisotopic (exact) mass is 298 g/mol. The predicted molar refractivity (Wildman–Crippen MR) is 72.5 cm³/mol. The Morgan fingerprint density at radius 3 is 2.74 bits per heavy atom. The smallest absolute Gasteiger partial charge is 0.244 e. The van der Waals surface area contributed by atoms with Crippen LogP contribution in [-0.4, -0.2) is 31.0 Å². The maximum absolute atomic E-state index is 12.5. The van der Waals surface area contributed by atoms with Gasteiger partial charge in [0.2, 0.25) is 10.0 Å². The fourth-order valence-corrected chi connectivity index (χ4v) is 5.29. The van der Waals surface area contributed by atoms with Gasteiger partial charge in [-0.1, -0.05) is 5.16 Å². The van der Waals surface area contributed by atoms with Crippen molar-refractivity contribution < 1.29 is 12.9 Å². The van der Waals surface area contributed by atoms with E-state index in [1.807, 2.05) is 6.92 Å². The molecule has 1 saturated heterocycles. The number of hydrogen-bond acceptors (Lipinski definition) is 5. The number of aromatic nitrogens is 1. The Morgan fingerprint density at radius 1 is 1.37 bits per heavy atom. The number of thiophene rings is 1. The summed E-state index contributed by atoms with van der Waals surface area (Å²) in [6.07, 6.45) is 3.44. The van der Waals surface area contributed by atoms with E-state index in [0.29, 0.717) is 23.7 Å². The van der Waals surface area contributed by atoms with Gasteiger partial charge in [-0.3, -0.25) is 0 Å². The fourth-order valence-electron chi connectivity index (χ4n) is 2.25. The van der Waals surface area contributed by atoms with E-state index in [1.165, 1.54) is 11.3 Å². The van der Waals surface area contributed by atoms with Gasteiger partial charge in [0.15, 0.2) is 5.76 Å². The third-order valence-electron chi connectivity index (χ3n) is 3.24. The summed E-state index contributed by atoms with van der Waals surface area (Å²) in [5.41, 5.74) is 0. The Kier molecular flexibility index (Phi) is 3.20. The van der Waals surface area contributed by atoms with Crippen LogP contribution in [0, 0.1) is 6.92 Å². The lowest BCUT2D eigenvalue weighted by Gasteiger charge is -2.14. The molecule has 0 aliphatic carbocycles.